The fourth-order valence-corrected chi connectivity index (χ4v) is 11.2. The molecule has 312 valence electrons. The molecular weight excluding hydrogens is 727 g/mol. The Balaban J connectivity index is 0.00000468. The topological polar surface area (TPSA) is 111 Å². The van der Waals surface area contributed by atoms with Crippen molar-refractivity contribution in [1.82, 2.24) is 10.2 Å². The van der Waals surface area contributed by atoms with Crippen molar-refractivity contribution in [2.24, 2.45) is 57.8 Å². The van der Waals surface area contributed by atoms with Crippen LogP contribution in [0.3, 0.4) is 0 Å². The second-order valence-corrected chi connectivity index (χ2v) is 18.0. The van der Waals surface area contributed by atoms with Gasteiger partial charge in [0.15, 0.2) is 0 Å². The number of hydrogen-bond acceptors (Lipinski definition) is 6. The van der Waals surface area contributed by atoms with Gasteiger partial charge in [0, 0.05) is 32.4 Å². The molecule has 3 fully saturated rings. The molecule has 0 spiro atoms. The van der Waals surface area contributed by atoms with E-state index in [4.69, 9.17) is 16.2 Å². The van der Waals surface area contributed by atoms with E-state index in [2.05, 4.69) is 46.0 Å². The average molecular weight is 809 g/mol. The number of fused-ring (bicyclic) bond motifs is 5. The smallest absolute Gasteiger partial charge is 0.306 e. The number of nitrogens with one attached hydrogen (secondary N) is 1. The summed E-state index contributed by atoms with van der Waals surface area (Å²) in [5.41, 5.74) is 13.7. The lowest BCUT2D eigenvalue weighted by molar-refractivity contribution is -0.151. The Morgan fingerprint density at radius 3 is 2.25 bits per heavy atom. The highest BCUT2D eigenvalue weighted by Gasteiger charge is 2.59. The largest absolute Gasteiger partial charge is 0.462 e. The van der Waals surface area contributed by atoms with Gasteiger partial charge in [0.1, 0.15) is 6.10 Å². The second kappa shape index (κ2) is 24.9. The van der Waals surface area contributed by atoms with Crippen LogP contribution in [0.4, 0.5) is 0 Å². The van der Waals surface area contributed by atoms with Crippen LogP contribution >= 0.6 is 37.2 Å². The van der Waals surface area contributed by atoms with Crippen molar-refractivity contribution in [3.05, 3.63) is 11.6 Å². The monoisotopic (exact) mass is 807 g/mol. The van der Waals surface area contributed by atoms with Crippen LogP contribution in [-0.2, 0) is 14.3 Å². The Labute approximate surface area is 343 Å². The molecule has 7 nitrogen and oxygen atoms in total. The lowest BCUT2D eigenvalue weighted by atomic mass is 9.47. The molecule has 4 aliphatic carbocycles. The summed E-state index contributed by atoms with van der Waals surface area (Å²) in [7, 11) is 0. The van der Waals surface area contributed by atoms with E-state index in [9.17, 15) is 9.59 Å². The van der Waals surface area contributed by atoms with Crippen LogP contribution in [0.25, 0.3) is 0 Å². The van der Waals surface area contributed by atoms with Gasteiger partial charge >= 0.3 is 5.97 Å². The zero-order valence-electron chi connectivity index (χ0n) is 34.3. The number of esters is 1. The summed E-state index contributed by atoms with van der Waals surface area (Å²) in [5, 5.41) is 3.41. The number of halogens is 3. The predicted molar refractivity (Wildman–Crippen MR) is 229 cm³/mol. The number of hydrogen-bond donors (Lipinski definition) is 3. The van der Waals surface area contributed by atoms with Crippen LogP contribution in [0.15, 0.2) is 11.6 Å². The number of nitrogens with zero attached hydrogens (tertiary/aromatic N) is 1. The first-order valence-electron chi connectivity index (χ1n) is 21.3. The molecule has 1 unspecified atom stereocenters. The summed E-state index contributed by atoms with van der Waals surface area (Å²) < 4.78 is 6.10. The minimum atomic E-state index is -0.0876. The highest BCUT2D eigenvalue weighted by Crippen LogP contribution is 2.67. The minimum Gasteiger partial charge on any atom is -0.462 e. The number of carbonyl (C=O) groups excluding carboxylic acids is 2. The van der Waals surface area contributed by atoms with Crippen LogP contribution in [0.1, 0.15) is 157 Å². The Morgan fingerprint density at radius 1 is 0.830 bits per heavy atom. The quantitative estimate of drug-likeness (QED) is 0.0571. The SMILES string of the molecule is CC(C)CCCC(C)[C@H]1CC[C@H]2[C@@H]3CC=C4C[C@@H](OC(=O)CCCCC(=O)N(CCCN)CCCCNCCCN)CC[C@]4(C)[C@H]3CC[C@]12C.Cl.Cl.Cl. The number of rotatable bonds is 22. The molecule has 1 amide bonds. The fourth-order valence-electron chi connectivity index (χ4n) is 11.2. The van der Waals surface area contributed by atoms with Crippen molar-refractivity contribution in [3.8, 4) is 0 Å². The van der Waals surface area contributed by atoms with E-state index < -0.39 is 0 Å². The molecule has 0 bridgehead atoms. The molecule has 0 heterocycles. The Bertz CT molecular complexity index is 1090. The van der Waals surface area contributed by atoms with Gasteiger partial charge in [-0.25, -0.2) is 0 Å². The Morgan fingerprint density at radius 2 is 1.53 bits per heavy atom. The van der Waals surface area contributed by atoms with Gasteiger partial charge in [-0.3, -0.25) is 9.59 Å². The van der Waals surface area contributed by atoms with E-state index in [0.717, 1.165) is 107 Å². The average Bonchev–Trinajstić information content (AvgIpc) is 3.44. The molecule has 0 aromatic carbocycles. The molecule has 4 aliphatic rings. The first-order chi connectivity index (χ1) is 24.0. The van der Waals surface area contributed by atoms with E-state index in [0.29, 0.717) is 44.3 Å². The highest BCUT2D eigenvalue weighted by atomic mass is 35.5. The third-order valence-electron chi connectivity index (χ3n) is 14.2. The van der Waals surface area contributed by atoms with E-state index in [1.807, 2.05) is 4.90 Å². The van der Waals surface area contributed by atoms with E-state index >= 15 is 0 Å². The molecule has 4 rings (SSSR count). The van der Waals surface area contributed by atoms with Gasteiger partial charge in [0.2, 0.25) is 5.91 Å². The second-order valence-electron chi connectivity index (χ2n) is 18.0. The van der Waals surface area contributed by atoms with Crippen molar-refractivity contribution >= 4 is 49.1 Å². The molecule has 8 atom stereocenters. The number of allylic oxidation sites excluding steroid dienone is 1. The van der Waals surface area contributed by atoms with Crippen molar-refractivity contribution in [2.45, 2.75) is 163 Å². The fraction of sp³-hybridized carbons (Fsp3) is 0.907. The van der Waals surface area contributed by atoms with Gasteiger partial charge in [0.05, 0.1) is 0 Å². The number of unbranched alkanes of at least 4 members (excludes halogenated alkanes) is 2. The zero-order chi connectivity index (χ0) is 36.1. The van der Waals surface area contributed by atoms with Crippen LogP contribution < -0.4 is 16.8 Å². The van der Waals surface area contributed by atoms with Gasteiger partial charge in [-0.15, -0.1) is 37.2 Å². The molecule has 0 aromatic rings. The Kier molecular flexibility index (Phi) is 23.7. The zero-order valence-corrected chi connectivity index (χ0v) is 36.8. The lowest BCUT2D eigenvalue weighted by Gasteiger charge is -2.58. The summed E-state index contributed by atoms with van der Waals surface area (Å²) in [4.78, 5) is 27.9. The maximum Gasteiger partial charge on any atom is 0.306 e. The molecule has 5 N–H and O–H groups in total. The Hall–Kier alpha value is -0.570. The molecule has 10 heteroatoms. The first kappa shape index (κ1) is 50.4. The van der Waals surface area contributed by atoms with Crippen molar-refractivity contribution in [2.75, 3.05) is 39.3 Å². The van der Waals surface area contributed by atoms with Crippen molar-refractivity contribution < 1.29 is 14.3 Å². The maximum atomic E-state index is 13.0. The van der Waals surface area contributed by atoms with Gasteiger partial charge in [-0.2, -0.15) is 0 Å². The van der Waals surface area contributed by atoms with Gasteiger partial charge in [0.25, 0.3) is 0 Å². The lowest BCUT2D eigenvalue weighted by Crippen LogP contribution is -2.51. The third-order valence-corrected chi connectivity index (χ3v) is 14.2. The summed E-state index contributed by atoms with van der Waals surface area (Å²) in [5.74, 6) is 5.14. The summed E-state index contributed by atoms with van der Waals surface area (Å²) in [6.07, 6.45) is 22.9. The normalized spacial score (nSPS) is 29.3. The molecule has 0 saturated heterocycles. The molecule has 0 radical (unpaired) electrons. The minimum absolute atomic E-state index is 0. The predicted octanol–water partition coefficient (Wildman–Crippen LogP) is 9.66. The van der Waals surface area contributed by atoms with Crippen LogP contribution in [0.2, 0.25) is 0 Å². The van der Waals surface area contributed by atoms with Gasteiger partial charge in [-0.05, 0) is 156 Å². The van der Waals surface area contributed by atoms with Gasteiger partial charge < -0.3 is 26.4 Å². The summed E-state index contributed by atoms with van der Waals surface area (Å²) in [6.45, 7) is 17.2. The van der Waals surface area contributed by atoms with Crippen LogP contribution in [-0.4, -0.2) is 62.1 Å². The van der Waals surface area contributed by atoms with E-state index in [-0.39, 0.29) is 60.6 Å². The van der Waals surface area contributed by atoms with E-state index in [1.165, 1.54) is 51.4 Å². The van der Waals surface area contributed by atoms with Crippen LogP contribution in [0.5, 0.6) is 0 Å². The number of amides is 1. The standard InChI is InChI=1S/C43H78N4O3.3ClH/c1-32(2)13-10-14-33(3)37-19-20-38-36-18-17-34-31-35(21-23-42(34,4)39(36)22-24-43(37,38)5)50-41(49)16-7-6-15-40(48)47(30-12-26-45)29-9-8-27-46-28-11-25-44;;;/h17,32-33,35-39,46H,6-16,18-31,44-45H2,1-5H3;3*1H/t33?,35-,36-,37+,38-,39-,42-,43+;;;/m0.../s1. The van der Waals surface area contributed by atoms with E-state index in [1.54, 1.807) is 5.57 Å². The highest BCUT2D eigenvalue weighted by molar-refractivity contribution is 5.86. The molecule has 0 aliphatic heterocycles. The third kappa shape index (κ3) is 13.8. The molecular formula is C43H81Cl3N4O3. The van der Waals surface area contributed by atoms with Crippen molar-refractivity contribution in [3.63, 3.8) is 0 Å². The summed E-state index contributed by atoms with van der Waals surface area (Å²) >= 11 is 0. The number of nitrogens with two attached hydrogens (primary N) is 2. The van der Waals surface area contributed by atoms with Crippen molar-refractivity contribution in [1.29, 1.82) is 0 Å². The molecule has 3 saturated carbocycles. The number of carbonyl (C=O) groups is 2. The number of ether oxygens (including phenoxy) is 1. The first-order valence-corrected chi connectivity index (χ1v) is 21.3. The summed E-state index contributed by atoms with van der Waals surface area (Å²) in [6, 6.07) is 0. The molecule has 53 heavy (non-hydrogen) atoms. The maximum absolute atomic E-state index is 13.0. The molecule has 0 aromatic heterocycles. The van der Waals surface area contributed by atoms with Crippen LogP contribution in [0, 0.1) is 46.3 Å². The van der Waals surface area contributed by atoms with Gasteiger partial charge in [-0.1, -0.05) is 65.5 Å².